The van der Waals surface area contributed by atoms with Gasteiger partial charge in [0.05, 0.1) is 11.6 Å². The summed E-state index contributed by atoms with van der Waals surface area (Å²) in [4.78, 5) is 26.4. The molecule has 1 fully saturated rings. The van der Waals surface area contributed by atoms with Gasteiger partial charge in [0, 0.05) is 12.2 Å². The minimum atomic E-state index is -0.489. The smallest absolute Gasteiger partial charge is 0.410 e. The number of aromatic nitrogens is 3. The summed E-state index contributed by atoms with van der Waals surface area (Å²) in [5.74, 6) is 0.788. The van der Waals surface area contributed by atoms with Gasteiger partial charge in [-0.25, -0.2) is 14.8 Å². The molecule has 0 spiro atoms. The number of nitrogens with one attached hydrogen (secondary N) is 1. The summed E-state index contributed by atoms with van der Waals surface area (Å²) in [5.41, 5.74) is 2.04. The number of ether oxygens (including phenoxy) is 1. The summed E-state index contributed by atoms with van der Waals surface area (Å²) in [6.45, 7) is 8.27. The molecule has 1 atom stereocenters. The van der Waals surface area contributed by atoms with Crippen molar-refractivity contribution in [2.24, 2.45) is 0 Å². The van der Waals surface area contributed by atoms with E-state index in [1.807, 2.05) is 39.8 Å². The van der Waals surface area contributed by atoms with Crippen molar-refractivity contribution in [2.75, 3.05) is 6.54 Å². The molecule has 6 nitrogen and oxygen atoms in total. The molecule has 1 aliphatic heterocycles. The number of rotatable bonds is 1. The molecule has 1 amide bonds. The number of aryl methyl sites for hydroxylation is 1. The highest BCUT2D eigenvalue weighted by molar-refractivity contribution is 5.72. The number of carbonyl (C=O) groups is 1. The fraction of sp³-hybridized carbons (Fsp3) is 0.562. The van der Waals surface area contributed by atoms with Crippen LogP contribution in [0.5, 0.6) is 0 Å². The molecule has 1 saturated heterocycles. The van der Waals surface area contributed by atoms with Crippen molar-refractivity contribution in [3.63, 3.8) is 0 Å². The summed E-state index contributed by atoms with van der Waals surface area (Å²) in [6, 6.07) is 3.86. The van der Waals surface area contributed by atoms with E-state index in [1.54, 1.807) is 4.90 Å². The molecule has 1 aliphatic rings. The Morgan fingerprint density at radius 3 is 2.86 bits per heavy atom. The molecule has 0 radical (unpaired) electrons. The molecule has 0 saturated carbocycles. The molecule has 2 aromatic rings. The van der Waals surface area contributed by atoms with Gasteiger partial charge in [-0.2, -0.15) is 0 Å². The Morgan fingerprint density at radius 2 is 2.14 bits per heavy atom. The van der Waals surface area contributed by atoms with Crippen LogP contribution in [-0.4, -0.2) is 38.1 Å². The second-order valence-corrected chi connectivity index (χ2v) is 6.78. The maximum atomic E-state index is 12.4. The van der Waals surface area contributed by atoms with Crippen LogP contribution in [-0.2, 0) is 4.74 Å². The molecule has 1 N–H and O–H groups in total. The minimum absolute atomic E-state index is 0.0654. The first-order valence-electron chi connectivity index (χ1n) is 7.66. The van der Waals surface area contributed by atoms with Crippen molar-refractivity contribution < 1.29 is 9.53 Å². The number of nitrogens with zero attached hydrogens (tertiary/aromatic N) is 3. The molecule has 6 heteroatoms. The van der Waals surface area contributed by atoms with Crippen LogP contribution in [0.2, 0.25) is 0 Å². The molecule has 0 aliphatic carbocycles. The Labute approximate surface area is 129 Å². The van der Waals surface area contributed by atoms with Crippen LogP contribution in [0.3, 0.4) is 0 Å². The van der Waals surface area contributed by atoms with E-state index in [-0.39, 0.29) is 12.1 Å². The third-order valence-electron chi connectivity index (χ3n) is 3.70. The molecule has 118 valence electrons. The van der Waals surface area contributed by atoms with Crippen LogP contribution in [0.15, 0.2) is 12.1 Å². The predicted octanol–water partition coefficient (Wildman–Crippen LogP) is 3.34. The van der Waals surface area contributed by atoms with E-state index in [2.05, 4.69) is 15.0 Å². The molecular weight excluding hydrogens is 280 g/mol. The fourth-order valence-electron chi connectivity index (χ4n) is 2.75. The van der Waals surface area contributed by atoms with E-state index < -0.39 is 5.60 Å². The zero-order chi connectivity index (χ0) is 15.9. The van der Waals surface area contributed by atoms with Gasteiger partial charge in [-0.1, -0.05) is 0 Å². The first-order valence-corrected chi connectivity index (χ1v) is 7.66. The minimum Gasteiger partial charge on any atom is -0.444 e. The summed E-state index contributed by atoms with van der Waals surface area (Å²) in [7, 11) is 0. The van der Waals surface area contributed by atoms with E-state index in [0.717, 1.165) is 29.9 Å². The van der Waals surface area contributed by atoms with E-state index in [0.29, 0.717) is 12.2 Å². The van der Waals surface area contributed by atoms with Gasteiger partial charge in [0.15, 0.2) is 5.65 Å². The Kier molecular flexibility index (Phi) is 3.54. The van der Waals surface area contributed by atoms with Crippen LogP contribution in [0, 0.1) is 6.92 Å². The van der Waals surface area contributed by atoms with Crippen LogP contribution in [0.1, 0.15) is 51.2 Å². The van der Waals surface area contributed by atoms with Crippen molar-refractivity contribution in [1.29, 1.82) is 0 Å². The second-order valence-electron chi connectivity index (χ2n) is 6.78. The number of fused-ring (bicyclic) bond motifs is 1. The highest BCUT2D eigenvalue weighted by atomic mass is 16.6. The number of aromatic amines is 1. The first-order chi connectivity index (χ1) is 10.3. The van der Waals surface area contributed by atoms with Gasteiger partial charge < -0.3 is 9.72 Å². The average Bonchev–Trinajstić information content (AvgIpc) is 3.01. The molecule has 3 heterocycles. The topological polar surface area (TPSA) is 71.1 Å². The van der Waals surface area contributed by atoms with Crippen LogP contribution in [0.25, 0.3) is 11.2 Å². The lowest BCUT2D eigenvalue weighted by Crippen LogP contribution is -2.36. The number of hydrogen-bond acceptors (Lipinski definition) is 4. The molecule has 0 bridgehead atoms. The number of H-pyrrole nitrogens is 1. The molecular formula is C16H22N4O2. The standard InChI is InChI=1S/C16H22N4O2/c1-10-7-8-11-13(17-10)19-14(18-11)12-6-5-9-20(12)15(21)22-16(2,3)4/h7-8,12H,5-6,9H2,1-4H3,(H,17,18,19). The molecule has 1 unspecified atom stereocenters. The quantitative estimate of drug-likeness (QED) is 0.877. The van der Waals surface area contributed by atoms with Crippen molar-refractivity contribution in [1.82, 2.24) is 19.9 Å². The zero-order valence-corrected chi connectivity index (χ0v) is 13.5. The third kappa shape index (κ3) is 2.91. The summed E-state index contributed by atoms with van der Waals surface area (Å²) < 4.78 is 5.50. The Morgan fingerprint density at radius 1 is 1.36 bits per heavy atom. The van der Waals surface area contributed by atoms with Crippen LogP contribution >= 0.6 is 0 Å². The van der Waals surface area contributed by atoms with Crippen LogP contribution < -0.4 is 0 Å². The molecule has 22 heavy (non-hydrogen) atoms. The fourth-order valence-corrected chi connectivity index (χ4v) is 2.75. The van der Waals surface area contributed by atoms with Gasteiger partial charge >= 0.3 is 6.09 Å². The molecule has 2 aromatic heterocycles. The highest BCUT2D eigenvalue weighted by Crippen LogP contribution is 2.32. The van der Waals surface area contributed by atoms with Gasteiger partial charge in [0.25, 0.3) is 0 Å². The number of imidazole rings is 1. The van der Waals surface area contributed by atoms with Gasteiger partial charge in [-0.15, -0.1) is 0 Å². The largest absolute Gasteiger partial charge is 0.444 e. The number of carbonyl (C=O) groups excluding carboxylic acids is 1. The lowest BCUT2D eigenvalue weighted by molar-refractivity contribution is 0.0219. The van der Waals surface area contributed by atoms with Gasteiger partial charge in [-0.3, -0.25) is 4.90 Å². The second kappa shape index (κ2) is 5.26. The number of likely N-dealkylation sites (tertiary alicyclic amines) is 1. The first kappa shape index (κ1) is 14.8. The summed E-state index contributed by atoms with van der Waals surface area (Å²) >= 11 is 0. The Balaban J connectivity index is 1.86. The maximum absolute atomic E-state index is 12.4. The van der Waals surface area contributed by atoms with Gasteiger partial charge in [0.2, 0.25) is 0 Å². The molecule has 3 rings (SSSR count). The number of amides is 1. The van der Waals surface area contributed by atoms with E-state index in [4.69, 9.17) is 4.74 Å². The van der Waals surface area contributed by atoms with Gasteiger partial charge in [0.1, 0.15) is 11.4 Å². The van der Waals surface area contributed by atoms with E-state index >= 15 is 0 Å². The Bertz CT molecular complexity index is 702. The predicted molar refractivity (Wildman–Crippen MR) is 83.5 cm³/mol. The summed E-state index contributed by atoms with van der Waals surface area (Å²) in [5, 5.41) is 0. The lowest BCUT2D eigenvalue weighted by atomic mass is 10.2. The van der Waals surface area contributed by atoms with Crippen molar-refractivity contribution >= 4 is 17.3 Å². The molecule has 0 aromatic carbocycles. The van der Waals surface area contributed by atoms with Crippen LogP contribution in [0.4, 0.5) is 4.79 Å². The monoisotopic (exact) mass is 302 g/mol. The third-order valence-corrected chi connectivity index (χ3v) is 3.70. The van der Waals surface area contributed by atoms with Crippen molar-refractivity contribution in [2.45, 2.75) is 52.2 Å². The maximum Gasteiger partial charge on any atom is 0.410 e. The highest BCUT2D eigenvalue weighted by Gasteiger charge is 2.35. The van der Waals surface area contributed by atoms with Crippen molar-refractivity contribution in [3.05, 3.63) is 23.7 Å². The van der Waals surface area contributed by atoms with E-state index in [1.165, 1.54) is 0 Å². The summed E-state index contributed by atoms with van der Waals surface area (Å²) in [6.07, 6.45) is 1.56. The normalized spacial score (nSPS) is 18.9. The average molecular weight is 302 g/mol. The van der Waals surface area contributed by atoms with E-state index in [9.17, 15) is 4.79 Å². The number of pyridine rings is 1. The van der Waals surface area contributed by atoms with Crippen molar-refractivity contribution in [3.8, 4) is 0 Å². The SMILES string of the molecule is Cc1ccc2[nH]c(C3CCCN3C(=O)OC(C)(C)C)nc2n1. The lowest BCUT2D eigenvalue weighted by Gasteiger charge is -2.27. The van der Waals surface area contributed by atoms with Gasteiger partial charge in [-0.05, 0) is 52.7 Å². The number of hydrogen-bond donors (Lipinski definition) is 1. The zero-order valence-electron chi connectivity index (χ0n) is 13.5. The Hall–Kier alpha value is -2.11.